The molecule has 0 aromatic carbocycles. The summed E-state index contributed by atoms with van der Waals surface area (Å²) in [6.07, 6.45) is 0.450. The summed E-state index contributed by atoms with van der Waals surface area (Å²) >= 11 is 0. The van der Waals surface area contributed by atoms with Gasteiger partial charge in [-0.05, 0) is 6.92 Å². The summed E-state index contributed by atoms with van der Waals surface area (Å²) in [4.78, 5) is 21.5. The summed E-state index contributed by atoms with van der Waals surface area (Å²) in [5, 5.41) is 0. The molecule has 0 amide bonds. The summed E-state index contributed by atoms with van der Waals surface area (Å²) in [5.41, 5.74) is -1.04. The third kappa shape index (κ3) is 1.50. The molecule has 4 nitrogen and oxygen atoms in total. The van der Waals surface area contributed by atoms with Crippen molar-refractivity contribution in [2.24, 2.45) is 0 Å². The molecule has 1 saturated heterocycles. The summed E-state index contributed by atoms with van der Waals surface area (Å²) in [7, 11) is 0. The van der Waals surface area contributed by atoms with Crippen LogP contribution in [0.5, 0.6) is 0 Å². The first-order chi connectivity index (χ1) is 5.04. The van der Waals surface area contributed by atoms with E-state index < -0.39 is 17.5 Å². The number of rotatable bonds is 1. The molecule has 1 fully saturated rings. The molecule has 62 valence electrons. The standard InChI is InChI=1S/C7H10O4/c1-5(8)11-7(2)3-4-10-6(7)9/h3-4H2,1-2H3. The number of cyclic esters (lactones) is 1. The van der Waals surface area contributed by atoms with E-state index in [1.165, 1.54) is 6.92 Å². The largest absolute Gasteiger partial charge is 0.463 e. The van der Waals surface area contributed by atoms with E-state index in [1.54, 1.807) is 6.92 Å². The van der Waals surface area contributed by atoms with Gasteiger partial charge in [0.15, 0.2) is 0 Å². The molecular weight excluding hydrogens is 148 g/mol. The first-order valence-corrected chi connectivity index (χ1v) is 3.41. The second-order valence-corrected chi connectivity index (χ2v) is 2.71. The van der Waals surface area contributed by atoms with Gasteiger partial charge in [-0.1, -0.05) is 0 Å². The summed E-state index contributed by atoms with van der Waals surface area (Å²) in [5.74, 6) is -0.904. The van der Waals surface area contributed by atoms with Crippen molar-refractivity contribution in [1.29, 1.82) is 0 Å². The normalized spacial score (nSPS) is 29.8. The molecule has 1 aliphatic rings. The van der Waals surface area contributed by atoms with Crippen molar-refractivity contribution in [3.8, 4) is 0 Å². The SMILES string of the molecule is CC(=O)OC1(C)CCOC1=O. The highest BCUT2D eigenvalue weighted by Gasteiger charge is 2.43. The molecule has 11 heavy (non-hydrogen) atoms. The Morgan fingerprint density at radius 3 is 2.73 bits per heavy atom. The van der Waals surface area contributed by atoms with Gasteiger partial charge in [0.1, 0.15) is 0 Å². The Bertz CT molecular complexity index is 199. The van der Waals surface area contributed by atoms with Crippen LogP contribution in [0, 0.1) is 0 Å². The molecular formula is C7H10O4. The highest BCUT2D eigenvalue weighted by atomic mass is 16.6. The number of hydrogen-bond acceptors (Lipinski definition) is 4. The summed E-state index contributed by atoms with van der Waals surface area (Å²) < 4.78 is 9.45. The second-order valence-electron chi connectivity index (χ2n) is 2.71. The second kappa shape index (κ2) is 2.53. The monoisotopic (exact) mass is 158 g/mol. The molecule has 0 spiro atoms. The lowest BCUT2D eigenvalue weighted by Crippen LogP contribution is -2.35. The fourth-order valence-electron chi connectivity index (χ4n) is 1.00. The minimum Gasteiger partial charge on any atom is -0.463 e. The van der Waals surface area contributed by atoms with Crippen LogP contribution in [0.3, 0.4) is 0 Å². The first kappa shape index (κ1) is 8.04. The zero-order chi connectivity index (χ0) is 8.48. The maximum absolute atomic E-state index is 10.9. The van der Waals surface area contributed by atoms with E-state index in [0.717, 1.165) is 0 Å². The van der Waals surface area contributed by atoms with Gasteiger partial charge in [0.25, 0.3) is 0 Å². The van der Waals surface area contributed by atoms with E-state index in [4.69, 9.17) is 4.74 Å². The molecule has 1 rings (SSSR count). The average Bonchev–Trinajstić information content (AvgIpc) is 2.11. The minimum atomic E-state index is -1.04. The molecule has 4 heteroatoms. The third-order valence-corrected chi connectivity index (χ3v) is 1.61. The van der Waals surface area contributed by atoms with E-state index >= 15 is 0 Å². The molecule has 0 aromatic heterocycles. The van der Waals surface area contributed by atoms with E-state index in [0.29, 0.717) is 13.0 Å². The van der Waals surface area contributed by atoms with E-state index in [9.17, 15) is 9.59 Å². The average molecular weight is 158 g/mol. The molecule has 0 saturated carbocycles. The van der Waals surface area contributed by atoms with Crippen molar-refractivity contribution in [3.63, 3.8) is 0 Å². The topological polar surface area (TPSA) is 52.6 Å². The number of carbonyl (C=O) groups is 2. The Kier molecular flexibility index (Phi) is 1.85. The quantitative estimate of drug-likeness (QED) is 0.513. The highest BCUT2D eigenvalue weighted by Crippen LogP contribution is 2.23. The van der Waals surface area contributed by atoms with Gasteiger partial charge in [-0.3, -0.25) is 4.79 Å². The van der Waals surface area contributed by atoms with Crippen LogP contribution in [0.1, 0.15) is 20.3 Å². The predicted molar refractivity (Wildman–Crippen MR) is 35.7 cm³/mol. The fraction of sp³-hybridized carbons (Fsp3) is 0.714. The Hall–Kier alpha value is -1.06. The molecule has 1 heterocycles. The van der Waals surface area contributed by atoms with Crippen molar-refractivity contribution < 1.29 is 19.1 Å². The van der Waals surface area contributed by atoms with Gasteiger partial charge in [0.05, 0.1) is 6.61 Å². The number of ether oxygens (including phenoxy) is 2. The van der Waals surface area contributed by atoms with Gasteiger partial charge >= 0.3 is 11.9 Å². The van der Waals surface area contributed by atoms with Crippen LogP contribution >= 0.6 is 0 Å². The van der Waals surface area contributed by atoms with Gasteiger partial charge in [-0.15, -0.1) is 0 Å². The van der Waals surface area contributed by atoms with Crippen molar-refractivity contribution in [2.45, 2.75) is 25.9 Å². The van der Waals surface area contributed by atoms with E-state index in [2.05, 4.69) is 4.74 Å². The Balaban J connectivity index is 2.65. The van der Waals surface area contributed by atoms with Crippen molar-refractivity contribution in [3.05, 3.63) is 0 Å². The Labute approximate surface area is 64.5 Å². The first-order valence-electron chi connectivity index (χ1n) is 3.41. The van der Waals surface area contributed by atoms with Crippen LogP contribution in [-0.4, -0.2) is 24.1 Å². The zero-order valence-electron chi connectivity index (χ0n) is 6.55. The summed E-state index contributed by atoms with van der Waals surface area (Å²) in [6, 6.07) is 0. The maximum Gasteiger partial charge on any atom is 0.350 e. The highest BCUT2D eigenvalue weighted by molar-refractivity contribution is 5.83. The van der Waals surface area contributed by atoms with Crippen molar-refractivity contribution in [1.82, 2.24) is 0 Å². The third-order valence-electron chi connectivity index (χ3n) is 1.61. The van der Waals surface area contributed by atoms with Gasteiger partial charge in [0.2, 0.25) is 5.60 Å². The van der Waals surface area contributed by atoms with Crippen LogP contribution in [0.4, 0.5) is 0 Å². The maximum atomic E-state index is 10.9. The minimum absolute atomic E-state index is 0.336. The molecule has 0 bridgehead atoms. The van der Waals surface area contributed by atoms with Gasteiger partial charge in [0, 0.05) is 13.3 Å². The number of carbonyl (C=O) groups excluding carboxylic acids is 2. The van der Waals surface area contributed by atoms with Crippen LogP contribution in [0.15, 0.2) is 0 Å². The van der Waals surface area contributed by atoms with Crippen LogP contribution in [-0.2, 0) is 19.1 Å². The van der Waals surface area contributed by atoms with Gasteiger partial charge < -0.3 is 9.47 Å². The van der Waals surface area contributed by atoms with Crippen LogP contribution in [0.2, 0.25) is 0 Å². The number of hydrogen-bond donors (Lipinski definition) is 0. The molecule has 0 N–H and O–H groups in total. The van der Waals surface area contributed by atoms with Crippen LogP contribution < -0.4 is 0 Å². The lowest BCUT2D eigenvalue weighted by Gasteiger charge is -2.17. The molecule has 1 atom stereocenters. The lowest BCUT2D eigenvalue weighted by molar-refractivity contribution is -0.169. The van der Waals surface area contributed by atoms with Gasteiger partial charge in [-0.25, -0.2) is 4.79 Å². The summed E-state index contributed by atoms with van der Waals surface area (Å²) in [6.45, 7) is 3.17. The van der Waals surface area contributed by atoms with Crippen LogP contribution in [0.25, 0.3) is 0 Å². The van der Waals surface area contributed by atoms with E-state index in [-0.39, 0.29) is 0 Å². The molecule has 1 aliphatic heterocycles. The molecule has 0 aliphatic carbocycles. The molecule has 0 aromatic rings. The predicted octanol–water partition coefficient (Wildman–Crippen LogP) is 0.255. The van der Waals surface area contributed by atoms with Crippen molar-refractivity contribution >= 4 is 11.9 Å². The van der Waals surface area contributed by atoms with E-state index in [1.807, 2.05) is 0 Å². The van der Waals surface area contributed by atoms with Crippen molar-refractivity contribution in [2.75, 3.05) is 6.61 Å². The lowest BCUT2D eigenvalue weighted by atomic mass is 10.1. The smallest absolute Gasteiger partial charge is 0.350 e. The molecule has 0 radical (unpaired) electrons. The molecule has 1 unspecified atom stereocenters. The van der Waals surface area contributed by atoms with Gasteiger partial charge in [-0.2, -0.15) is 0 Å². The zero-order valence-corrected chi connectivity index (χ0v) is 6.55. The number of esters is 2. The Morgan fingerprint density at radius 1 is 1.73 bits per heavy atom. The fourth-order valence-corrected chi connectivity index (χ4v) is 1.00. The Morgan fingerprint density at radius 2 is 2.36 bits per heavy atom.